The molecule has 0 aromatic carbocycles. The van der Waals surface area contributed by atoms with E-state index in [9.17, 15) is 22.0 Å². The number of rotatable bonds is 4. The number of carboxylic acid groups (broad SMARTS) is 1. The summed E-state index contributed by atoms with van der Waals surface area (Å²) in [5.41, 5.74) is -0.421. The summed E-state index contributed by atoms with van der Waals surface area (Å²) in [5.74, 6) is -5.83. The maximum atomic E-state index is 14.6. The van der Waals surface area contributed by atoms with Crippen LogP contribution in [0.5, 0.6) is 0 Å². The highest BCUT2D eigenvalue weighted by Gasteiger charge is 2.53. The number of allylic oxidation sites excluding steroid dienone is 3. The molecular weight excluding hydrogens is 304 g/mol. The van der Waals surface area contributed by atoms with E-state index in [1.165, 1.54) is 32.9 Å². The van der Waals surface area contributed by atoms with E-state index < -0.39 is 41.2 Å². The fraction of sp³-hybridized carbons (Fsp3) is 0.615. The summed E-state index contributed by atoms with van der Waals surface area (Å²) >= 11 is 0. The van der Waals surface area contributed by atoms with Crippen LogP contribution in [0.3, 0.4) is 0 Å². The number of carboxylic acids is 1. The maximum Gasteiger partial charge on any atom is 0.303 e. The summed E-state index contributed by atoms with van der Waals surface area (Å²) in [5, 5.41) is 8.69. The Labute approximate surface area is 124 Å². The first kappa shape index (κ1) is 17.6. The van der Waals surface area contributed by atoms with Crippen molar-refractivity contribution in [1.82, 2.24) is 4.31 Å². The van der Waals surface area contributed by atoms with Crippen LogP contribution in [0.4, 0.5) is 8.78 Å². The quantitative estimate of drug-likeness (QED) is 0.778. The molecule has 1 fully saturated rings. The van der Waals surface area contributed by atoms with Gasteiger partial charge in [0.05, 0.1) is 11.7 Å². The third kappa shape index (κ3) is 3.25. The number of carbonyl (C=O) groups is 1. The van der Waals surface area contributed by atoms with Crippen molar-refractivity contribution >= 4 is 16.9 Å². The molecule has 1 aliphatic rings. The van der Waals surface area contributed by atoms with Gasteiger partial charge in [-0.15, -0.1) is 0 Å². The molecule has 0 radical (unpaired) electrons. The van der Waals surface area contributed by atoms with Crippen LogP contribution in [0.2, 0.25) is 0 Å². The highest BCUT2D eigenvalue weighted by molar-refractivity contribution is 7.70. The molecule has 1 aliphatic heterocycles. The summed E-state index contributed by atoms with van der Waals surface area (Å²) in [7, 11) is -3.09. The number of piperidine rings is 1. The van der Waals surface area contributed by atoms with Gasteiger partial charge in [0.15, 0.2) is 0 Å². The van der Waals surface area contributed by atoms with Crippen molar-refractivity contribution in [3.05, 3.63) is 23.4 Å². The summed E-state index contributed by atoms with van der Waals surface area (Å²) in [6.07, 6.45) is 1.78. The molecule has 5 nitrogen and oxygen atoms in total. The van der Waals surface area contributed by atoms with E-state index in [2.05, 4.69) is 0 Å². The van der Waals surface area contributed by atoms with Gasteiger partial charge in [0.1, 0.15) is 0 Å². The number of hydrogen-bond donors (Lipinski definition) is 2. The van der Waals surface area contributed by atoms with Crippen molar-refractivity contribution in [2.75, 3.05) is 0 Å². The zero-order chi connectivity index (χ0) is 16.4. The van der Waals surface area contributed by atoms with E-state index in [1.807, 2.05) is 0 Å². The van der Waals surface area contributed by atoms with Crippen LogP contribution in [0.1, 0.15) is 33.6 Å². The van der Waals surface area contributed by atoms with Crippen molar-refractivity contribution in [2.45, 2.75) is 45.6 Å². The molecule has 0 bridgehead atoms. The van der Waals surface area contributed by atoms with E-state index in [-0.39, 0.29) is 17.7 Å². The molecule has 0 saturated carbocycles. The van der Waals surface area contributed by atoms with Gasteiger partial charge in [-0.3, -0.25) is 9.10 Å². The van der Waals surface area contributed by atoms with Gasteiger partial charge < -0.3 is 5.11 Å². The highest BCUT2D eigenvalue weighted by atomic mass is 32.2. The molecule has 1 heterocycles. The second-order valence-electron chi connectivity index (χ2n) is 4.86. The molecule has 0 aromatic rings. The number of thiol groups is 1. The topological polar surface area (TPSA) is 74.7 Å². The third-order valence-corrected chi connectivity index (χ3v) is 4.65. The van der Waals surface area contributed by atoms with E-state index >= 15 is 0 Å². The summed E-state index contributed by atoms with van der Waals surface area (Å²) in [6.45, 7) is 4.28. The van der Waals surface area contributed by atoms with Crippen LogP contribution in [-0.4, -0.2) is 35.8 Å². The van der Waals surface area contributed by atoms with Gasteiger partial charge in [-0.05, 0) is 27.2 Å². The average Bonchev–Trinajstić information content (AvgIpc) is 2.35. The van der Waals surface area contributed by atoms with Crippen molar-refractivity contribution in [3.8, 4) is 0 Å². The molecule has 1 saturated heterocycles. The zero-order valence-electron chi connectivity index (χ0n) is 12.0. The molecule has 0 aromatic heterocycles. The summed E-state index contributed by atoms with van der Waals surface area (Å²) in [4.78, 5) is 10.6. The second-order valence-corrected chi connectivity index (χ2v) is 5.77. The lowest BCUT2D eigenvalue weighted by atomic mass is 9.80. The Morgan fingerprint density at radius 2 is 1.95 bits per heavy atom. The van der Waals surface area contributed by atoms with Crippen molar-refractivity contribution in [3.63, 3.8) is 0 Å². The number of aliphatic carboxylic acids is 1. The van der Waals surface area contributed by atoms with Crippen LogP contribution in [0.15, 0.2) is 23.4 Å². The minimum atomic E-state index is -3.27. The molecule has 21 heavy (non-hydrogen) atoms. The minimum Gasteiger partial charge on any atom is -0.481 e. The smallest absolute Gasteiger partial charge is 0.303 e. The first-order valence-corrected chi connectivity index (χ1v) is 7.68. The first-order chi connectivity index (χ1) is 9.68. The van der Waals surface area contributed by atoms with E-state index in [1.54, 1.807) is 0 Å². The van der Waals surface area contributed by atoms with Crippen molar-refractivity contribution in [1.29, 1.82) is 0 Å². The number of halogens is 2. The standard InChI is InChI=1S/C13H19F2NO4S/c1-4-9-11(5-2)16(21(19)20)8(3)10(13(9,14)15)6-7-12(17)18/h4-5,8,10,21H,6-7H2,1-3H3,(H,17,18)/b9-4+,11-5+/t8-,10?/m1/s1. The molecule has 0 amide bonds. The normalized spacial score (nSPS) is 29.3. The minimum absolute atomic E-state index is 0.0438. The maximum absolute atomic E-state index is 14.6. The largest absolute Gasteiger partial charge is 0.481 e. The number of nitrogens with zero attached hydrogens (tertiary/aromatic N) is 1. The zero-order valence-corrected chi connectivity index (χ0v) is 12.9. The fourth-order valence-corrected chi connectivity index (χ4v) is 3.61. The monoisotopic (exact) mass is 323 g/mol. The molecule has 0 aliphatic carbocycles. The average molecular weight is 323 g/mol. The fourth-order valence-electron chi connectivity index (χ4n) is 2.75. The van der Waals surface area contributed by atoms with Gasteiger partial charge in [0.25, 0.3) is 5.92 Å². The van der Waals surface area contributed by atoms with Gasteiger partial charge in [-0.1, -0.05) is 12.2 Å². The lowest BCUT2D eigenvalue weighted by Gasteiger charge is -2.44. The van der Waals surface area contributed by atoms with Crippen LogP contribution in [0.25, 0.3) is 0 Å². The van der Waals surface area contributed by atoms with Gasteiger partial charge in [0, 0.05) is 17.9 Å². The van der Waals surface area contributed by atoms with Crippen LogP contribution in [-0.2, 0) is 15.7 Å². The van der Waals surface area contributed by atoms with Crippen LogP contribution >= 0.6 is 0 Å². The van der Waals surface area contributed by atoms with Gasteiger partial charge in [0.2, 0.25) is 10.9 Å². The molecule has 120 valence electrons. The molecule has 1 rings (SSSR count). The third-order valence-electron chi connectivity index (χ3n) is 3.72. The molecule has 1 unspecified atom stereocenters. The van der Waals surface area contributed by atoms with E-state index in [0.29, 0.717) is 0 Å². The lowest BCUT2D eigenvalue weighted by Crippen LogP contribution is -2.52. The SMILES string of the molecule is C/C=C1\C(=C/C)C(F)(F)C(CCC(=O)O)[C@@H](C)N1[SH](=O)=O. The van der Waals surface area contributed by atoms with Crippen LogP contribution in [0, 0.1) is 5.92 Å². The summed E-state index contributed by atoms with van der Waals surface area (Å²) in [6, 6.07) is -1.00. The lowest BCUT2D eigenvalue weighted by molar-refractivity contribution is -0.138. The number of alkyl halides is 2. The highest BCUT2D eigenvalue weighted by Crippen LogP contribution is 2.47. The van der Waals surface area contributed by atoms with Crippen LogP contribution < -0.4 is 0 Å². The Bertz CT molecular complexity index is 546. The Hall–Kier alpha value is -1.44. The van der Waals surface area contributed by atoms with Gasteiger partial charge in [-0.25, -0.2) is 17.2 Å². The summed E-state index contributed by atoms with van der Waals surface area (Å²) < 4.78 is 52.9. The van der Waals surface area contributed by atoms with Crippen molar-refractivity contribution in [2.24, 2.45) is 5.92 Å². The predicted octanol–water partition coefficient (Wildman–Crippen LogP) is 2.18. The Morgan fingerprint density at radius 3 is 2.33 bits per heavy atom. The van der Waals surface area contributed by atoms with E-state index in [0.717, 1.165) is 4.31 Å². The molecule has 1 N–H and O–H groups in total. The number of hydrogen-bond acceptors (Lipinski definition) is 3. The molecule has 8 heteroatoms. The Kier molecular flexibility index (Phi) is 5.49. The van der Waals surface area contributed by atoms with E-state index in [4.69, 9.17) is 5.11 Å². The van der Waals surface area contributed by atoms with Gasteiger partial charge >= 0.3 is 5.97 Å². The predicted molar refractivity (Wildman–Crippen MR) is 74.4 cm³/mol. The second kappa shape index (κ2) is 6.55. The Balaban J connectivity index is 3.35. The molecule has 0 spiro atoms. The molecular formula is C13H19F2NO4S. The van der Waals surface area contributed by atoms with Crippen molar-refractivity contribution < 1.29 is 27.1 Å². The first-order valence-electron chi connectivity index (χ1n) is 6.55. The van der Waals surface area contributed by atoms with Gasteiger partial charge in [-0.2, -0.15) is 0 Å². The Morgan fingerprint density at radius 1 is 1.38 bits per heavy atom. The molecule has 2 atom stereocenters.